The Hall–Kier alpha value is -1.84. The first-order valence-corrected chi connectivity index (χ1v) is 9.34. The van der Waals surface area contributed by atoms with E-state index in [1.165, 1.54) is 19.3 Å². The quantitative estimate of drug-likeness (QED) is 0.206. The number of halogens is 1. The third kappa shape index (κ3) is 8.15. The van der Waals surface area contributed by atoms with Crippen molar-refractivity contribution in [2.24, 2.45) is 4.99 Å². The van der Waals surface area contributed by atoms with Gasteiger partial charge in [0.2, 0.25) is 0 Å². The average Bonchev–Trinajstić information content (AvgIpc) is 3.15. The van der Waals surface area contributed by atoms with Crippen LogP contribution in [-0.4, -0.2) is 41.3 Å². The Bertz CT molecular complexity index is 671. The van der Waals surface area contributed by atoms with E-state index in [0.29, 0.717) is 12.4 Å². The van der Waals surface area contributed by atoms with E-state index in [9.17, 15) is 0 Å². The summed E-state index contributed by atoms with van der Waals surface area (Å²) in [5, 5.41) is 13.9. The highest BCUT2D eigenvalue weighted by molar-refractivity contribution is 14.0. The summed E-state index contributed by atoms with van der Waals surface area (Å²) in [7, 11) is 1.65. The predicted octanol–water partition coefficient (Wildman–Crippen LogP) is 3.73. The van der Waals surface area contributed by atoms with E-state index in [4.69, 9.17) is 4.74 Å². The Morgan fingerprint density at radius 1 is 1.11 bits per heavy atom. The van der Waals surface area contributed by atoms with Crippen LogP contribution in [-0.2, 0) is 6.54 Å². The van der Waals surface area contributed by atoms with Crippen LogP contribution >= 0.6 is 24.0 Å². The van der Waals surface area contributed by atoms with Gasteiger partial charge in [0.15, 0.2) is 11.8 Å². The molecular formula is C19H31IN6O. The van der Waals surface area contributed by atoms with E-state index in [-0.39, 0.29) is 24.0 Å². The smallest absolute Gasteiger partial charge is 0.191 e. The maximum atomic E-state index is 5.17. The zero-order valence-corrected chi connectivity index (χ0v) is 18.7. The molecule has 3 N–H and O–H groups in total. The molecule has 2 aromatic rings. The molecule has 0 unspecified atom stereocenters. The van der Waals surface area contributed by atoms with Gasteiger partial charge in [0.05, 0.1) is 7.11 Å². The van der Waals surface area contributed by atoms with Crippen molar-refractivity contribution in [3.8, 4) is 17.1 Å². The third-order valence-electron chi connectivity index (χ3n) is 3.93. The van der Waals surface area contributed by atoms with Crippen molar-refractivity contribution in [1.82, 2.24) is 25.8 Å². The van der Waals surface area contributed by atoms with Crippen molar-refractivity contribution in [1.29, 1.82) is 0 Å². The summed E-state index contributed by atoms with van der Waals surface area (Å²) < 4.78 is 5.17. The van der Waals surface area contributed by atoms with Crippen molar-refractivity contribution in [2.45, 2.75) is 46.1 Å². The van der Waals surface area contributed by atoms with E-state index >= 15 is 0 Å². The van der Waals surface area contributed by atoms with Crippen LogP contribution in [0.4, 0.5) is 0 Å². The molecular weight excluding hydrogens is 455 g/mol. The number of H-pyrrole nitrogens is 1. The van der Waals surface area contributed by atoms with Crippen LogP contribution in [0.25, 0.3) is 11.4 Å². The molecule has 0 atom stereocenters. The Labute approximate surface area is 178 Å². The van der Waals surface area contributed by atoms with Crippen LogP contribution in [0.3, 0.4) is 0 Å². The number of hydrogen-bond acceptors (Lipinski definition) is 4. The molecule has 0 spiro atoms. The van der Waals surface area contributed by atoms with Crippen LogP contribution in [0.1, 0.15) is 45.4 Å². The Balaban J connectivity index is 0.00000364. The molecule has 0 radical (unpaired) electrons. The van der Waals surface area contributed by atoms with Crippen molar-refractivity contribution in [3.05, 3.63) is 30.1 Å². The number of aliphatic imine (C=N–C) groups is 1. The van der Waals surface area contributed by atoms with Crippen molar-refractivity contribution in [2.75, 3.05) is 20.2 Å². The van der Waals surface area contributed by atoms with Crippen LogP contribution in [0, 0.1) is 0 Å². The summed E-state index contributed by atoms with van der Waals surface area (Å²) >= 11 is 0. The molecule has 8 heteroatoms. The van der Waals surface area contributed by atoms with Gasteiger partial charge in [-0.1, -0.05) is 26.2 Å². The van der Waals surface area contributed by atoms with Gasteiger partial charge in [-0.05, 0) is 37.6 Å². The highest BCUT2D eigenvalue weighted by Crippen LogP contribution is 2.18. The summed E-state index contributed by atoms with van der Waals surface area (Å²) in [6.07, 6.45) is 4.93. The third-order valence-corrected chi connectivity index (χ3v) is 3.93. The molecule has 0 saturated carbocycles. The maximum Gasteiger partial charge on any atom is 0.191 e. The summed E-state index contributed by atoms with van der Waals surface area (Å²) in [6.45, 7) is 6.49. The number of methoxy groups -OCH3 is 1. The van der Waals surface area contributed by atoms with E-state index in [1.54, 1.807) is 7.11 Å². The summed E-state index contributed by atoms with van der Waals surface area (Å²) in [5.41, 5.74) is 0.943. The Morgan fingerprint density at radius 3 is 2.56 bits per heavy atom. The van der Waals surface area contributed by atoms with Crippen molar-refractivity contribution in [3.63, 3.8) is 0 Å². The number of benzene rings is 1. The van der Waals surface area contributed by atoms with Gasteiger partial charge in [-0.25, -0.2) is 9.98 Å². The van der Waals surface area contributed by atoms with Gasteiger partial charge < -0.3 is 15.4 Å². The molecule has 2 rings (SSSR count). The highest BCUT2D eigenvalue weighted by atomic mass is 127. The molecule has 150 valence electrons. The average molecular weight is 486 g/mol. The molecule has 27 heavy (non-hydrogen) atoms. The fourth-order valence-corrected chi connectivity index (χ4v) is 2.49. The second kappa shape index (κ2) is 13.3. The summed E-state index contributed by atoms with van der Waals surface area (Å²) in [6, 6.07) is 7.68. The lowest BCUT2D eigenvalue weighted by Crippen LogP contribution is -2.37. The van der Waals surface area contributed by atoms with Crippen molar-refractivity contribution >= 4 is 29.9 Å². The SMILES string of the molecule is CCCCCCNC(=NCc1nc(-c2ccc(OC)cc2)n[nH]1)NCC.I. The Kier molecular flexibility index (Phi) is 11.5. The molecule has 0 amide bonds. The zero-order chi connectivity index (χ0) is 18.6. The first-order valence-electron chi connectivity index (χ1n) is 9.34. The molecule has 0 aliphatic carbocycles. The lowest BCUT2D eigenvalue weighted by Gasteiger charge is -2.10. The van der Waals surface area contributed by atoms with Gasteiger partial charge in [-0.3, -0.25) is 5.10 Å². The van der Waals surface area contributed by atoms with Gasteiger partial charge in [0.25, 0.3) is 0 Å². The number of hydrogen-bond donors (Lipinski definition) is 3. The molecule has 1 aromatic carbocycles. The number of aromatic amines is 1. The number of ether oxygens (including phenoxy) is 1. The largest absolute Gasteiger partial charge is 0.497 e. The second-order valence-electron chi connectivity index (χ2n) is 6.02. The monoisotopic (exact) mass is 486 g/mol. The molecule has 1 aromatic heterocycles. The van der Waals surface area contributed by atoms with Crippen LogP contribution in [0.2, 0.25) is 0 Å². The van der Waals surface area contributed by atoms with Gasteiger partial charge in [-0.15, -0.1) is 24.0 Å². The second-order valence-corrected chi connectivity index (χ2v) is 6.02. The minimum Gasteiger partial charge on any atom is -0.497 e. The van der Waals surface area contributed by atoms with Crippen LogP contribution < -0.4 is 15.4 Å². The fraction of sp³-hybridized carbons (Fsp3) is 0.526. The van der Waals surface area contributed by atoms with Crippen LogP contribution in [0.5, 0.6) is 5.75 Å². The molecule has 0 saturated heterocycles. The zero-order valence-electron chi connectivity index (χ0n) is 16.4. The molecule has 0 fully saturated rings. The standard InChI is InChI=1S/C19H30N6O.HI/c1-4-6-7-8-13-21-19(20-5-2)22-14-17-23-18(25-24-17)15-9-11-16(26-3)12-10-15;/h9-12H,4-8,13-14H2,1-3H3,(H2,20,21,22)(H,23,24,25);1H. The number of guanidine groups is 1. The molecule has 7 nitrogen and oxygen atoms in total. The van der Waals surface area contributed by atoms with E-state index in [0.717, 1.165) is 42.6 Å². The number of aromatic nitrogens is 3. The molecule has 0 bridgehead atoms. The molecule has 1 heterocycles. The fourth-order valence-electron chi connectivity index (χ4n) is 2.49. The lowest BCUT2D eigenvalue weighted by molar-refractivity contribution is 0.415. The highest BCUT2D eigenvalue weighted by Gasteiger charge is 2.06. The van der Waals surface area contributed by atoms with Gasteiger partial charge in [0.1, 0.15) is 18.1 Å². The maximum absolute atomic E-state index is 5.17. The minimum absolute atomic E-state index is 0. The van der Waals surface area contributed by atoms with Crippen molar-refractivity contribution < 1.29 is 4.74 Å². The summed E-state index contributed by atoms with van der Waals surface area (Å²) in [5.74, 6) is 3.02. The number of nitrogens with one attached hydrogen (secondary N) is 3. The van der Waals surface area contributed by atoms with Gasteiger partial charge in [0, 0.05) is 18.7 Å². The normalized spacial score (nSPS) is 11.0. The van der Waals surface area contributed by atoms with E-state index in [1.807, 2.05) is 24.3 Å². The first kappa shape index (κ1) is 23.2. The van der Waals surface area contributed by atoms with Crippen LogP contribution in [0.15, 0.2) is 29.3 Å². The lowest BCUT2D eigenvalue weighted by atomic mass is 10.2. The topological polar surface area (TPSA) is 87.2 Å². The number of unbranched alkanes of at least 4 members (excludes halogenated alkanes) is 3. The predicted molar refractivity (Wildman–Crippen MR) is 121 cm³/mol. The van der Waals surface area contributed by atoms with Gasteiger partial charge in [-0.2, -0.15) is 5.10 Å². The molecule has 0 aliphatic heterocycles. The first-order chi connectivity index (χ1) is 12.8. The Morgan fingerprint density at radius 2 is 1.89 bits per heavy atom. The minimum atomic E-state index is 0. The summed E-state index contributed by atoms with van der Waals surface area (Å²) in [4.78, 5) is 9.10. The van der Waals surface area contributed by atoms with E-state index in [2.05, 4.69) is 44.7 Å². The van der Waals surface area contributed by atoms with Gasteiger partial charge >= 0.3 is 0 Å². The number of rotatable bonds is 10. The number of nitrogens with zero attached hydrogens (tertiary/aromatic N) is 3. The van der Waals surface area contributed by atoms with E-state index < -0.39 is 0 Å². The molecule has 0 aliphatic rings.